The van der Waals surface area contributed by atoms with E-state index < -0.39 is 11.5 Å². The minimum Gasteiger partial charge on any atom is -0.480 e. The zero-order valence-corrected chi connectivity index (χ0v) is 13.4. The third-order valence-corrected chi connectivity index (χ3v) is 4.79. The van der Waals surface area contributed by atoms with E-state index in [-0.39, 0.29) is 18.0 Å². The van der Waals surface area contributed by atoms with Gasteiger partial charge in [-0.1, -0.05) is 26.7 Å². The number of hydrogen-bond acceptors (Lipinski definition) is 2. The van der Waals surface area contributed by atoms with Gasteiger partial charge in [-0.2, -0.15) is 0 Å². The van der Waals surface area contributed by atoms with Gasteiger partial charge in [-0.05, 0) is 44.4 Å². The second-order valence-electron chi connectivity index (χ2n) is 7.20. The molecular weight excluding hydrogens is 268 g/mol. The molecule has 2 aliphatic rings. The van der Waals surface area contributed by atoms with Crippen molar-refractivity contribution in [2.45, 2.75) is 70.9 Å². The Morgan fingerprint density at radius 2 is 1.81 bits per heavy atom. The molecule has 0 aromatic rings. The number of carboxylic acid groups (broad SMARTS) is 1. The smallest absolute Gasteiger partial charge is 0.329 e. The van der Waals surface area contributed by atoms with Gasteiger partial charge < -0.3 is 15.3 Å². The van der Waals surface area contributed by atoms with Gasteiger partial charge in [0.05, 0.1) is 0 Å². The van der Waals surface area contributed by atoms with E-state index >= 15 is 0 Å². The van der Waals surface area contributed by atoms with Gasteiger partial charge in [0, 0.05) is 12.6 Å². The fourth-order valence-corrected chi connectivity index (χ4v) is 3.29. The fraction of sp³-hybridized carbons (Fsp3) is 0.875. The summed E-state index contributed by atoms with van der Waals surface area (Å²) in [6.07, 6.45) is 6.16. The summed E-state index contributed by atoms with van der Waals surface area (Å²) in [6, 6.07) is 0.0667. The van der Waals surface area contributed by atoms with E-state index in [1.54, 1.807) is 6.92 Å². The van der Waals surface area contributed by atoms with Crippen molar-refractivity contribution in [3.8, 4) is 0 Å². The van der Waals surface area contributed by atoms with Crippen molar-refractivity contribution in [1.82, 2.24) is 10.2 Å². The molecule has 2 saturated carbocycles. The lowest BCUT2D eigenvalue weighted by molar-refractivity contribution is -0.144. The van der Waals surface area contributed by atoms with Crippen LogP contribution >= 0.6 is 0 Å². The highest BCUT2D eigenvalue weighted by atomic mass is 16.4. The van der Waals surface area contributed by atoms with E-state index in [0.29, 0.717) is 12.5 Å². The summed E-state index contributed by atoms with van der Waals surface area (Å²) < 4.78 is 0. The lowest BCUT2D eigenvalue weighted by Gasteiger charge is -2.35. The summed E-state index contributed by atoms with van der Waals surface area (Å²) in [7, 11) is 0. The Kier molecular flexibility index (Phi) is 4.79. The number of amides is 2. The highest BCUT2D eigenvalue weighted by Gasteiger charge is 2.49. The Bertz CT molecular complexity index is 400. The molecule has 0 radical (unpaired) electrons. The molecule has 1 unspecified atom stereocenters. The van der Waals surface area contributed by atoms with Crippen molar-refractivity contribution in [3.05, 3.63) is 0 Å². The van der Waals surface area contributed by atoms with Crippen molar-refractivity contribution in [2.75, 3.05) is 6.54 Å². The van der Waals surface area contributed by atoms with Gasteiger partial charge in [-0.15, -0.1) is 0 Å². The van der Waals surface area contributed by atoms with Crippen molar-refractivity contribution >= 4 is 12.0 Å². The third-order valence-electron chi connectivity index (χ3n) is 4.79. The maximum atomic E-state index is 12.7. The second kappa shape index (κ2) is 6.24. The van der Waals surface area contributed by atoms with Gasteiger partial charge in [-0.3, -0.25) is 0 Å². The van der Waals surface area contributed by atoms with Crippen LogP contribution in [0.1, 0.15) is 59.3 Å². The van der Waals surface area contributed by atoms with Crippen LogP contribution in [-0.2, 0) is 4.79 Å². The lowest BCUT2D eigenvalue weighted by atomic mass is 9.96. The van der Waals surface area contributed by atoms with Gasteiger partial charge in [-0.25, -0.2) is 9.59 Å². The van der Waals surface area contributed by atoms with Crippen molar-refractivity contribution in [3.63, 3.8) is 0 Å². The Morgan fingerprint density at radius 1 is 1.24 bits per heavy atom. The molecule has 0 bridgehead atoms. The highest BCUT2D eigenvalue weighted by molar-refractivity contribution is 5.86. The highest BCUT2D eigenvalue weighted by Crippen LogP contribution is 2.40. The normalized spacial score (nSPS) is 22.1. The SMILES string of the molecule is CC(C)CN(C(=O)NC(C)(C(=O)O)C1CC1)C1CCCC1. The Labute approximate surface area is 127 Å². The molecule has 5 heteroatoms. The Morgan fingerprint density at radius 3 is 2.24 bits per heavy atom. The standard InChI is InChI=1S/C16H28N2O3/c1-11(2)10-18(13-6-4-5-7-13)15(21)17-16(3,14(19)20)12-8-9-12/h11-13H,4-10H2,1-3H3,(H,17,21)(H,19,20). The second-order valence-corrected chi connectivity index (χ2v) is 7.20. The number of carboxylic acids is 1. The van der Waals surface area contributed by atoms with Crippen molar-refractivity contribution in [1.29, 1.82) is 0 Å². The number of rotatable bonds is 6. The first-order valence-electron chi connectivity index (χ1n) is 8.16. The quantitative estimate of drug-likeness (QED) is 0.792. The molecular formula is C16H28N2O3. The average molecular weight is 296 g/mol. The summed E-state index contributed by atoms with van der Waals surface area (Å²) in [5.74, 6) is -0.467. The molecule has 0 aliphatic heterocycles. The predicted octanol–water partition coefficient (Wildman–Crippen LogP) is 2.85. The summed E-state index contributed by atoms with van der Waals surface area (Å²) in [4.78, 5) is 26.1. The molecule has 120 valence electrons. The van der Waals surface area contributed by atoms with Crippen LogP contribution in [0.2, 0.25) is 0 Å². The van der Waals surface area contributed by atoms with Gasteiger partial charge in [0.25, 0.3) is 0 Å². The molecule has 2 fully saturated rings. The largest absolute Gasteiger partial charge is 0.480 e. The fourth-order valence-electron chi connectivity index (χ4n) is 3.29. The van der Waals surface area contributed by atoms with Crippen molar-refractivity contribution in [2.24, 2.45) is 11.8 Å². The molecule has 2 rings (SSSR count). The number of aliphatic carboxylic acids is 1. The first-order valence-corrected chi connectivity index (χ1v) is 8.16. The number of hydrogen-bond donors (Lipinski definition) is 2. The summed E-state index contributed by atoms with van der Waals surface area (Å²) in [5, 5.41) is 12.3. The van der Waals surface area contributed by atoms with E-state index in [0.717, 1.165) is 38.5 Å². The number of nitrogens with zero attached hydrogens (tertiary/aromatic N) is 1. The summed E-state index contributed by atoms with van der Waals surface area (Å²) in [5.41, 5.74) is -1.12. The first kappa shape index (κ1) is 16.1. The van der Waals surface area contributed by atoms with Gasteiger partial charge in [0.2, 0.25) is 0 Å². The number of carbonyl (C=O) groups is 2. The summed E-state index contributed by atoms with van der Waals surface area (Å²) >= 11 is 0. The Hall–Kier alpha value is -1.26. The number of carbonyl (C=O) groups excluding carboxylic acids is 1. The van der Waals surface area contributed by atoms with Crippen LogP contribution in [0.5, 0.6) is 0 Å². The minimum atomic E-state index is -1.12. The van der Waals surface area contributed by atoms with Crippen LogP contribution in [0.15, 0.2) is 0 Å². The van der Waals surface area contributed by atoms with Crippen LogP contribution < -0.4 is 5.32 Å². The lowest BCUT2D eigenvalue weighted by Crippen LogP contribution is -2.59. The zero-order chi connectivity index (χ0) is 15.6. The average Bonchev–Trinajstić information content (AvgIpc) is 3.12. The van der Waals surface area contributed by atoms with Crippen LogP contribution in [0, 0.1) is 11.8 Å². The molecule has 5 nitrogen and oxygen atoms in total. The topological polar surface area (TPSA) is 69.6 Å². The van der Waals surface area contributed by atoms with Gasteiger partial charge in [0.15, 0.2) is 0 Å². The van der Waals surface area contributed by atoms with E-state index in [1.807, 2.05) is 4.90 Å². The van der Waals surface area contributed by atoms with E-state index in [9.17, 15) is 14.7 Å². The molecule has 0 saturated heterocycles. The van der Waals surface area contributed by atoms with Crippen molar-refractivity contribution < 1.29 is 14.7 Å². The monoisotopic (exact) mass is 296 g/mol. The predicted molar refractivity (Wildman–Crippen MR) is 81.1 cm³/mol. The molecule has 2 aliphatic carbocycles. The first-order chi connectivity index (χ1) is 9.84. The molecule has 21 heavy (non-hydrogen) atoms. The molecule has 0 aromatic heterocycles. The molecule has 2 amide bonds. The van der Waals surface area contributed by atoms with Gasteiger partial charge >= 0.3 is 12.0 Å². The molecule has 0 spiro atoms. The molecule has 2 N–H and O–H groups in total. The number of urea groups is 1. The van der Waals surface area contributed by atoms with Crippen LogP contribution in [0.25, 0.3) is 0 Å². The van der Waals surface area contributed by atoms with E-state index in [4.69, 9.17) is 0 Å². The van der Waals surface area contributed by atoms with Crippen LogP contribution in [0.4, 0.5) is 4.79 Å². The zero-order valence-electron chi connectivity index (χ0n) is 13.4. The van der Waals surface area contributed by atoms with Crippen LogP contribution in [-0.4, -0.2) is 40.1 Å². The maximum Gasteiger partial charge on any atom is 0.329 e. The maximum absolute atomic E-state index is 12.7. The molecule has 0 aromatic carbocycles. The van der Waals surface area contributed by atoms with Gasteiger partial charge in [0.1, 0.15) is 5.54 Å². The minimum absolute atomic E-state index is 0.0726. The summed E-state index contributed by atoms with van der Waals surface area (Å²) in [6.45, 7) is 6.52. The molecule has 1 atom stereocenters. The number of nitrogens with one attached hydrogen (secondary N) is 1. The van der Waals surface area contributed by atoms with Crippen LogP contribution in [0.3, 0.4) is 0 Å². The van der Waals surface area contributed by atoms with E-state index in [2.05, 4.69) is 19.2 Å². The van der Waals surface area contributed by atoms with E-state index in [1.165, 1.54) is 0 Å². The molecule has 0 heterocycles. The third kappa shape index (κ3) is 3.69. The Balaban J connectivity index is 2.07.